The molecule has 0 unspecified atom stereocenters. The van der Waals surface area contributed by atoms with E-state index >= 15 is 0 Å². The molecule has 102 valence electrons. The predicted octanol–water partition coefficient (Wildman–Crippen LogP) is 3.46. The number of aryl methyl sites for hydroxylation is 3. The molecule has 0 saturated carbocycles. The summed E-state index contributed by atoms with van der Waals surface area (Å²) < 4.78 is 5.99. The lowest BCUT2D eigenvalue weighted by Gasteiger charge is -1.96. The van der Waals surface area contributed by atoms with Crippen molar-refractivity contribution in [3.8, 4) is 0 Å². The lowest BCUT2D eigenvalue weighted by molar-refractivity contribution is 0.0988. The number of aromatic nitrogens is 2. The fourth-order valence-electron chi connectivity index (χ4n) is 2.05. The molecule has 0 saturated heterocycles. The smallest absolute Gasteiger partial charge is 0.296 e. The summed E-state index contributed by atoms with van der Waals surface area (Å²) in [6.07, 6.45) is 0. The van der Waals surface area contributed by atoms with Gasteiger partial charge in [0.1, 0.15) is 0 Å². The molecule has 0 aliphatic heterocycles. The fourth-order valence-corrected chi connectivity index (χ4v) is 3.09. The molecular weight excluding hydrogens is 274 g/mol. The van der Waals surface area contributed by atoms with Crippen molar-refractivity contribution in [3.05, 3.63) is 40.8 Å². The van der Waals surface area contributed by atoms with Crippen LogP contribution in [0.2, 0.25) is 0 Å². The summed E-state index contributed by atoms with van der Waals surface area (Å²) in [5, 5.41) is 7.00. The Hall–Kier alpha value is -2.21. The number of carbonyl (C=O) groups excluding carboxylic acids is 1. The minimum absolute atomic E-state index is 0.189. The standard InChI is InChI=1S/C14H13N3O2S/c1-7-4-8(2)12-11(5-7)20-14(15-12)16-13(18)10-6-9(3)17-19-10/h4-6H,1-3H3,(H,15,16,18). The van der Waals surface area contributed by atoms with E-state index in [-0.39, 0.29) is 11.7 Å². The average Bonchev–Trinajstić information content (AvgIpc) is 2.95. The molecule has 0 spiro atoms. The molecule has 0 fully saturated rings. The first-order valence-electron chi connectivity index (χ1n) is 6.15. The van der Waals surface area contributed by atoms with E-state index in [2.05, 4.69) is 27.6 Å². The zero-order valence-electron chi connectivity index (χ0n) is 11.4. The Balaban J connectivity index is 1.91. The van der Waals surface area contributed by atoms with Crippen molar-refractivity contribution in [1.29, 1.82) is 0 Å². The minimum atomic E-state index is -0.334. The van der Waals surface area contributed by atoms with Crippen LogP contribution in [-0.4, -0.2) is 16.0 Å². The largest absolute Gasteiger partial charge is 0.351 e. The van der Waals surface area contributed by atoms with Gasteiger partial charge in [-0.1, -0.05) is 22.6 Å². The van der Waals surface area contributed by atoms with E-state index in [1.807, 2.05) is 13.8 Å². The second-order valence-electron chi connectivity index (χ2n) is 4.73. The van der Waals surface area contributed by atoms with Gasteiger partial charge in [0, 0.05) is 6.07 Å². The van der Waals surface area contributed by atoms with Gasteiger partial charge in [0.05, 0.1) is 15.9 Å². The van der Waals surface area contributed by atoms with Crippen LogP contribution in [0.5, 0.6) is 0 Å². The van der Waals surface area contributed by atoms with Gasteiger partial charge in [-0.15, -0.1) is 0 Å². The molecular formula is C14H13N3O2S. The third-order valence-electron chi connectivity index (χ3n) is 2.90. The van der Waals surface area contributed by atoms with Crippen LogP contribution >= 0.6 is 11.3 Å². The number of carbonyl (C=O) groups is 1. The molecule has 1 amide bonds. The van der Waals surface area contributed by atoms with Crippen LogP contribution in [0.4, 0.5) is 5.13 Å². The van der Waals surface area contributed by atoms with E-state index < -0.39 is 0 Å². The maximum absolute atomic E-state index is 12.0. The number of benzene rings is 1. The molecule has 5 nitrogen and oxygen atoms in total. The van der Waals surface area contributed by atoms with Gasteiger partial charge in [0.2, 0.25) is 5.76 Å². The summed E-state index contributed by atoms with van der Waals surface area (Å²) in [6, 6.07) is 5.74. The van der Waals surface area contributed by atoms with Gasteiger partial charge in [-0.2, -0.15) is 0 Å². The Bertz CT molecular complexity index is 804. The van der Waals surface area contributed by atoms with E-state index in [9.17, 15) is 4.79 Å². The Labute approximate surface area is 119 Å². The van der Waals surface area contributed by atoms with Gasteiger partial charge in [-0.25, -0.2) is 4.98 Å². The van der Waals surface area contributed by atoms with E-state index in [4.69, 9.17) is 4.52 Å². The molecule has 3 rings (SSSR count). The van der Waals surface area contributed by atoms with Crippen molar-refractivity contribution in [2.75, 3.05) is 5.32 Å². The Morgan fingerprint density at radius 3 is 2.75 bits per heavy atom. The van der Waals surface area contributed by atoms with Crippen molar-refractivity contribution in [1.82, 2.24) is 10.1 Å². The maximum Gasteiger partial charge on any atom is 0.296 e. The number of anilines is 1. The second-order valence-corrected chi connectivity index (χ2v) is 5.76. The summed E-state index contributed by atoms with van der Waals surface area (Å²) in [6.45, 7) is 5.83. The number of nitrogens with zero attached hydrogens (tertiary/aromatic N) is 2. The lowest BCUT2D eigenvalue weighted by Crippen LogP contribution is -2.10. The molecule has 0 aliphatic carbocycles. The van der Waals surface area contributed by atoms with Crippen LogP contribution in [-0.2, 0) is 0 Å². The molecule has 1 aromatic carbocycles. The van der Waals surface area contributed by atoms with Gasteiger partial charge < -0.3 is 4.52 Å². The number of amides is 1. The summed E-state index contributed by atoms with van der Waals surface area (Å²) >= 11 is 1.45. The highest BCUT2D eigenvalue weighted by Crippen LogP contribution is 2.29. The topological polar surface area (TPSA) is 68.0 Å². The van der Waals surface area contributed by atoms with E-state index in [1.165, 1.54) is 16.9 Å². The molecule has 6 heteroatoms. The van der Waals surface area contributed by atoms with Crippen LogP contribution in [0.15, 0.2) is 22.7 Å². The van der Waals surface area contributed by atoms with Crippen molar-refractivity contribution >= 4 is 32.6 Å². The molecule has 2 aromatic heterocycles. The zero-order chi connectivity index (χ0) is 14.3. The molecule has 3 aromatic rings. The number of hydrogen-bond donors (Lipinski definition) is 1. The summed E-state index contributed by atoms with van der Waals surface area (Å²) in [5.74, 6) is -0.145. The number of fused-ring (bicyclic) bond motifs is 1. The van der Waals surface area contributed by atoms with Crippen molar-refractivity contribution in [2.45, 2.75) is 20.8 Å². The molecule has 0 radical (unpaired) electrons. The first-order valence-corrected chi connectivity index (χ1v) is 6.97. The van der Waals surface area contributed by atoms with Crippen LogP contribution in [0.25, 0.3) is 10.2 Å². The summed E-state index contributed by atoms with van der Waals surface area (Å²) in [5.41, 5.74) is 3.88. The van der Waals surface area contributed by atoms with Gasteiger partial charge >= 0.3 is 0 Å². The maximum atomic E-state index is 12.0. The highest BCUT2D eigenvalue weighted by molar-refractivity contribution is 7.22. The van der Waals surface area contributed by atoms with Crippen LogP contribution in [0.3, 0.4) is 0 Å². The number of nitrogens with one attached hydrogen (secondary N) is 1. The fraction of sp³-hybridized carbons (Fsp3) is 0.214. The van der Waals surface area contributed by atoms with Crippen LogP contribution < -0.4 is 5.32 Å². The van der Waals surface area contributed by atoms with Gasteiger partial charge in [0.15, 0.2) is 5.13 Å². The monoisotopic (exact) mass is 287 g/mol. The second kappa shape index (κ2) is 4.72. The number of hydrogen-bond acceptors (Lipinski definition) is 5. The first-order chi connectivity index (χ1) is 9.52. The first kappa shape index (κ1) is 12.8. The van der Waals surface area contributed by atoms with E-state index in [0.29, 0.717) is 10.8 Å². The van der Waals surface area contributed by atoms with Crippen LogP contribution in [0, 0.1) is 20.8 Å². The normalized spacial score (nSPS) is 10.9. The zero-order valence-corrected chi connectivity index (χ0v) is 12.2. The highest BCUT2D eigenvalue weighted by Gasteiger charge is 2.14. The van der Waals surface area contributed by atoms with Gasteiger partial charge in [-0.05, 0) is 38.0 Å². The molecule has 0 aliphatic rings. The van der Waals surface area contributed by atoms with E-state index in [1.54, 1.807) is 13.0 Å². The Kier molecular flexibility index (Phi) is 3.02. The average molecular weight is 287 g/mol. The Morgan fingerprint density at radius 2 is 2.05 bits per heavy atom. The van der Waals surface area contributed by atoms with Gasteiger partial charge in [-0.3, -0.25) is 10.1 Å². The molecule has 0 atom stereocenters. The number of rotatable bonds is 2. The molecule has 2 heterocycles. The van der Waals surface area contributed by atoms with Gasteiger partial charge in [0.25, 0.3) is 5.91 Å². The van der Waals surface area contributed by atoms with Crippen LogP contribution in [0.1, 0.15) is 27.4 Å². The highest BCUT2D eigenvalue weighted by atomic mass is 32.1. The predicted molar refractivity (Wildman–Crippen MR) is 78.3 cm³/mol. The summed E-state index contributed by atoms with van der Waals surface area (Å²) in [4.78, 5) is 16.4. The molecule has 1 N–H and O–H groups in total. The van der Waals surface area contributed by atoms with Crippen molar-refractivity contribution in [3.63, 3.8) is 0 Å². The minimum Gasteiger partial charge on any atom is -0.351 e. The SMILES string of the molecule is Cc1cc(C)c2nc(NC(=O)c3cc(C)no3)sc2c1. The summed E-state index contributed by atoms with van der Waals surface area (Å²) in [7, 11) is 0. The molecule has 20 heavy (non-hydrogen) atoms. The third kappa shape index (κ3) is 2.30. The molecule has 0 bridgehead atoms. The lowest BCUT2D eigenvalue weighted by atomic mass is 10.1. The quantitative estimate of drug-likeness (QED) is 0.783. The number of thiazole rings is 1. The van der Waals surface area contributed by atoms with E-state index in [0.717, 1.165) is 15.8 Å². The third-order valence-corrected chi connectivity index (χ3v) is 3.82. The van der Waals surface area contributed by atoms with Crippen molar-refractivity contribution in [2.24, 2.45) is 0 Å². The van der Waals surface area contributed by atoms with Crippen molar-refractivity contribution < 1.29 is 9.32 Å². The Morgan fingerprint density at radius 1 is 1.25 bits per heavy atom.